The molecule has 0 saturated heterocycles. The molecule has 2 N–H and O–H groups in total. The number of carbonyl (C=O) groups is 1. The van der Waals surface area contributed by atoms with Gasteiger partial charge in [0.15, 0.2) is 11.5 Å². The highest BCUT2D eigenvalue weighted by molar-refractivity contribution is 5.95. The zero-order chi connectivity index (χ0) is 15.7. The maximum atomic E-state index is 12.3. The van der Waals surface area contributed by atoms with E-state index in [-0.39, 0.29) is 5.91 Å². The van der Waals surface area contributed by atoms with Crippen molar-refractivity contribution in [3.05, 3.63) is 48.2 Å². The molecule has 0 radical (unpaired) electrons. The van der Waals surface area contributed by atoms with Gasteiger partial charge in [-0.15, -0.1) is 5.10 Å². The molecule has 0 aliphatic heterocycles. The first-order valence-electron chi connectivity index (χ1n) is 7.07. The molecule has 0 aliphatic rings. The summed E-state index contributed by atoms with van der Waals surface area (Å²) in [4.78, 5) is 18.3. The molecule has 0 spiro atoms. The van der Waals surface area contributed by atoms with Gasteiger partial charge < -0.3 is 10.6 Å². The molecule has 0 fully saturated rings. The Morgan fingerprint density at radius 3 is 2.73 bits per heavy atom. The van der Waals surface area contributed by atoms with Crippen molar-refractivity contribution < 1.29 is 4.79 Å². The summed E-state index contributed by atoms with van der Waals surface area (Å²) in [5.74, 6) is 0.494. The lowest BCUT2D eigenvalue weighted by Gasteiger charge is -2.14. The van der Waals surface area contributed by atoms with Gasteiger partial charge >= 0.3 is 0 Å². The second kappa shape index (κ2) is 5.48. The predicted molar refractivity (Wildman–Crippen MR) is 85.5 cm³/mol. The Labute approximate surface area is 128 Å². The molecule has 0 saturated carbocycles. The fourth-order valence-corrected chi connectivity index (χ4v) is 2.20. The third kappa shape index (κ3) is 2.39. The first-order valence-corrected chi connectivity index (χ1v) is 7.07. The maximum absolute atomic E-state index is 12.3. The highest BCUT2D eigenvalue weighted by Crippen LogP contribution is 2.20. The fourth-order valence-electron chi connectivity index (χ4n) is 2.20. The number of fused-ring (bicyclic) bond motifs is 1. The molecule has 2 aromatic heterocycles. The van der Waals surface area contributed by atoms with E-state index in [2.05, 4.69) is 10.1 Å². The average molecular weight is 295 g/mol. The minimum Gasteiger partial charge on any atom is -0.396 e. The molecule has 1 amide bonds. The summed E-state index contributed by atoms with van der Waals surface area (Å²) in [6.45, 7) is 2.55. The monoisotopic (exact) mass is 295 g/mol. The highest BCUT2D eigenvalue weighted by atomic mass is 16.2. The molecular weight excluding hydrogens is 278 g/mol. The van der Waals surface area contributed by atoms with E-state index in [9.17, 15) is 4.79 Å². The van der Waals surface area contributed by atoms with Crippen LogP contribution in [-0.2, 0) is 0 Å². The summed E-state index contributed by atoms with van der Waals surface area (Å²) in [6, 6.07) is 11.3. The molecule has 22 heavy (non-hydrogen) atoms. The zero-order valence-electron chi connectivity index (χ0n) is 12.5. The van der Waals surface area contributed by atoms with Gasteiger partial charge in [0.1, 0.15) is 0 Å². The lowest BCUT2D eigenvalue weighted by molar-refractivity contribution is 0.0802. The molecule has 6 nitrogen and oxygen atoms in total. The quantitative estimate of drug-likeness (QED) is 0.802. The molecule has 1 aromatic carbocycles. The van der Waals surface area contributed by atoms with Crippen LogP contribution in [0.2, 0.25) is 0 Å². The number of carbonyl (C=O) groups excluding carboxylic acids is 1. The number of anilines is 1. The Balaban J connectivity index is 2.09. The van der Waals surface area contributed by atoms with Crippen molar-refractivity contribution in [1.29, 1.82) is 0 Å². The van der Waals surface area contributed by atoms with E-state index in [1.165, 1.54) is 0 Å². The van der Waals surface area contributed by atoms with Gasteiger partial charge in [-0.3, -0.25) is 4.79 Å². The highest BCUT2D eigenvalue weighted by Gasteiger charge is 2.15. The Hall–Kier alpha value is -2.89. The van der Waals surface area contributed by atoms with E-state index < -0.39 is 0 Å². The van der Waals surface area contributed by atoms with E-state index in [1.54, 1.807) is 28.7 Å². The van der Waals surface area contributed by atoms with Crippen molar-refractivity contribution in [3.8, 4) is 11.4 Å². The predicted octanol–water partition coefficient (Wildman–Crippen LogP) is 2.07. The van der Waals surface area contributed by atoms with Gasteiger partial charge in [0.05, 0.1) is 11.3 Å². The van der Waals surface area contributed by atoms with E-state index in [0.29, 0.717) is 29.3 Å². The zero-order valence-corrected chi connectivity index (χ0v) is 12.5. The largest absolute Gasteiger partial charge is 0.396 e. The van der Waals surface area contributed by atoms with E-state index in [1.807, 2.05) is 37.3 Å². The Kier molecular flexibility index (Phi) is 3.50. The summed E-state index contributed by atoms with van der Waals surface area (Å²) in [5, 5.41) is 4.43. The van der Waals surface area contributed by atoms with Crippen molar-refractivity contribution in [2.24, 2.45) is 0 Å². The number of amides is 1. The molecule has 0 atom stereocenters. The number of rotatable bonds is 3. The van der Waals surface area contributed by atoms with Crippen LogP contribution in [0.15, 0.2) is 42.6 Å². The minimum absolute atomic E-state index is 0.0899. The normalized spacial score (nSPS) is 10.8. The number of hydrogen-bond donors (Lipinski definition) is 1. The molecule has 0 unspecified atom stereocenters. The number of nitrogens with zero attached hydrogens (tertiary/aromatic N) is 4. The van der Waals surface area contributed by atoms with Gasteiger partial charge in [0.25, 0.3) is 5.91 Å². The van der Waals surface area contributed by atoms with Crippen LogP contribution in [0.5, 0.6) is 0 Å². The lowest BCUT2D eigenvalue weighted by Crippen LogP contribution is -2.26. The summed E-state index contributed by atoms with van der Waals surface area (Å²) in [6.07, 6.45) is 1.67. The topological polar surface area (TPSA) is 76.5 Å². The molecule has 0 aliphatic carbocycles. The van der Waals surface area contributed by atoms with Gasteiger partial charge in [-0.1, -0.05) is 30.3 Å². The summed E-state index contributed by atoms with van der Waals surface area (Å²) in [5.41, 5.74) is 8.43. The number of hydrogen-bond acceptors (Lipinski definition) is 4. The van der Waals surface area contributed by atoms with Crippen molar-refractivity contribution >= 4 is 17.2 Å². The molecule has 0 bridgehead atoms. The third-order valence-corrected chi connectivity index (χ3v) is 3.56. The maximum Gasteiger partial charge on any atom is 0.255 e. The van der Waals surface area contributed by atoms with Crippen LogP contribution in [0.4, 0.5) is 5.69 Å². The number of benzene rings is 1. The Morgan fingerprint density at radius 1 is 1.32 bits per heavy atom. The lowest BCUT2D eigenvalue weighted by atomic mass is 10.2. The second-order valence-electron chi connectivity index (χ2n) is 5.07. The fraction of sp³-hybridized carbons (Fsp3) is 0.188. The van der Waals surface area contributed by atoms with Gasteiger partial charge in [-0.25, -0.2) is 9.50 Å². The van der Waals surface area contributed by atoms with Crippen molar-refractivity contribution in [2.75, 3.05) is 19.3 Å². The first-order chi connectivity index (χ1) is 10.6. The number of aromatic nitrogens is 3. The number of pyridine rings is 1. The van der Waals surface area contributed by atoms with Crippen molar-refractivity contribution in [1.82, 2.24) is 19.5 Å². The van der Waals surface area contributed by atoms with Crippen LogP contribution >= 0.6 is 0 Å². The molecular formula is C16H17N5O. The second-order valence-corrected chi connectivity index (χ2v) is 5.07. The Morgan fingerprint density at radius 2 is 2.05 bits per heavy atom. The van der Waals surface area contributed by atoms with E-state index in [0.717, 1.165) is 5.56 Å². The Bertz CT molecular complexity index is 825. The van der Waals surface area contributed by atoms with E-state index >= 15 is 0 Å². The van der Waals surface area contributed by atoms with E-state index in [4.69, 9.17) is 5.73 Å². The summed E-state index contributed by atoms with van der Waals surface area (Å²) >= 11 is 0. The van der Waals surface area contributed by atoms with Gasteiger partial charge in [-0.2, -0.15) is 0 Å². The minimum atomic E-state index is -0.0899. The molecule has 2 heterocycles. The van der Waals surface area contributed by atoms with Gasteiger partial charge in [-0.05, 0) is 13.0 Å². The van der Waals surface area contributed by atoms with Gasteiger partial charge in [0.2, 0.25) is 0 Å². The molecule has 6 heteroatoms. The number of nitrogen functional groups attached to an aromatic ring is 1. The third-order valence-electron chi connectivity index (χ3n) is 3.56. The van der Waals surface area contributed by atoms with Crippen molar-refractivity contribution in [2.45, 2.75) is 6.92 Å². The van der Waals surface area contributed by atoms with Crippen LogP contribution in [0, 0.1) is 0 Å². The smallest absolute Gasteiger partial charge is 0.255 e. The average Bonchev–Trinajstić information content (AvgIpc) is 2.99. The van der Waals surface area contributed by atoms with Crippen LogP contribution in [0.3, 0.4) is 0 Å². The molecule has 112 valence electrons. The molecule has 3 aromatic rings. The van der Waals surface area contributed by atoms with Crippen LogP contribution < -0.4 is 5.73 Å². The SMILES string of the molecule is CCN(C)C(=O)c1cc(N)c2nc(-c3ccccc3)nn2c1. The summed E-state index contributed by atoms with van der Waals surface area (Å²) < 4.78 is 1.56. The van der Waals surface area contributed by atoms with Crippen LogP contribution in [-0.4, -0.2) is 39.0 Å². The molecule has 3 rings (SSSR count). The van der Waals surface area contributed by atoms with Gasteiger partial charge in [0, 0.05) is 25.4 Å². The summed E-state index contributed by atoms with van der Waals surface area (Å²) in [7, 11) is 1.75. The number of nitrogens with two attached hydrogens (primary N) is 1. The van der Waals surface area contributed by atoms with Crippen LogP contribution in [0.1, 0.15) is 17.3 Å². The van der Waals surface area contributed by atoms with Crippen LogP contribution in [0.25, 0.3) is 17.0 Å². The van der Waals surface area contributed by atoms with Crippen molar-refractivity contribution in [3.63, 3.8) is 0 Å². The standard InChI is InChI=1S/C16H17N5O/c1-3-20(2)16(22)12-9-13(17)15-18-14(19-21(15)10-12)11-7-5-4-6-8-11/h4-10H,3,17H2,1-2H3. The first kappa shape index (κ1) is 14.1.